The number of anilines is 1. The maximum absolute atomic E-state index is 13.5. The van der Waals surface area contributed by atoms with E-state index in [0.717, 1.165) is 17.7 Å². The van der Waals surface area contributed by atoms with Crippen LogP contribution in [0.15, 0.2) is 18.2 Å². The molecule has 1 aromatic rings. The number of benzene rings is 1. The van der Waals surface area contributed by atoms with Gasteiger partial charge in [-0.25, -0.2) is 4.39 Å². The van der Waals surface area contributed by atoms with Crippen LogP contribution in [0.5, 0.6) is 0 Å². The summed E-state index contributed by atoms with van der Waals surface area (Å²) in [5, 5.41) is 3.28. The first kappa shape index (κ1) is 12.0. The van der Waals surface area contributed by atoms with Crippen LogP contribution >= 0.6 is 0 Å². The second-order valence-electron chi connectivity index (χ2n) is 4.34. The summed E-state index contributed by atoms with van der Waals surface area (Å²) in [6, 6.07) is 5.64. The van der Waals surface area contributed by atoms with E-state index >= 15 is 0 Å². The zero-order valence-electron chi connectivity index (χ0n) is 9.97. The molecule has 1 nitrogen and oxygen atoms in total. The van der Waals surface area contributed by atoms with Crippen molar-refractivity contribution in [1.29, 1.82) is 0 Å². The highest BCUT2D eigenvalue weighted by Crippen LogP contribution is 2.25. The summed E-state index contributed by atoms with van der Waals surface area (Å²) in [6.07, 6.45) is 0.960. The quantitative estimate of drug-likeness (QED) is 0.785. The van der Waals surface area contributed by atoms with Crippen molar-refractivity contribution in [3.05, 3.63) is 29.6 Å². The molecule has 1 aromatic carbocycles. The van der Waals surface area contributed by atoms with Crippen LogP contribution in [0.4, 0.5) is 10.1 Å². The summed E-state index contributed by atoms with van der Waals surface area (Å²) >= 11 is 0. The van der Waals surface area contributed by atoms with Crippen molar-refractivity contribution in [2.24, 2.45) is 0 Å². The third-order valence-electron chi connectivity index (χ3n) is 2.59. The summed E-state index contributed by atoms with van der Waals surface area (Å²) in [5.41, 5.74) is 1.81. The Morgan fingerprint density at radius 2 is 1.93 bits per heavy atom. The van der Waals surface area contributed by atoms with Gasteiger partial charge >= 0.3 is 0 Å². The average Bonchev–Trinajstić information content (AvgIpc) is 2.19. The van der Waals surface area contributed by atoms with Gasteiger partial charge in [-0.15, -0.1) is 0 Å². The van der Waals surface area contributed by atoms with Crippen molar-refractivity contribution in [3.8, 4) is 0 Å². The summed E-state index contributed by atoms with van der Waals surface area (Å²) < 4.78 is 13.5. The fourth-order valence-corrected chi connectivity index (χ4v) is 1.56. The Labute approximate surface area is 91.7 Å². The Balaban J connectivity index is 2.94. The number of halogens is 1. The van der Waals surface area contributed by atoms with E-state index in [1.165, 1.54) is 0 Å². The minimum Gasteiger partial charge on any atom is -0.383 e. The molecule has 1 N–H and O–H groups in total. The van der Waals surface area contributed by atoms with Crippen molar-refractivity contribution in [3.63, 3.8) is 0 Å². The van der Waals surface area contributed by atoms with Gasteiger partial charge in [-0.05, 0) is 49.9 Å². The molecule has 0 aliphatic heterocycles. The number of hydrogen-bond donors (Lipinski definition) is 1. The van der Waals surface area contributed by atoms with Gasteiger partial charge in [0.15, 0.2) is 0 Å². The van der Waals surface area contributed by atoms with Gasteiger partial charge in [0.25, 0.3) is 0 Å². The second kappa shape index (κ2) is 5.15. The van der Waals surface area contributed by atoms with Crippen LogP contribution in [-0.2, 0) is 0 Å². The SMILES string of the molecule is CC[C@@H](C)c1cc(NC(C)C)ccc1F. The maximum Gasteiger partial charge on any atom is 0.126 e. The Kier molecular flexibility index (Phi) is 4.13. The molecule has 0 aliphatic rings. The van der Waals surface area contributed by atoms with Crippen LogP contribution in [0.2, 0.25) is 0 Å². The Morgan fingerprint density at radius 3 is 2.47 bits per heavy atom. The molecule has 15 heavy (non-hydrogen) atoms. The van der Waals surface area contributed by atoms with Crippen LogP contribution < -0.4 is 5.32 Å². The highest BCUT2D eigenvalue weighted by molar-refractivity contribution is 5.47. The Morgan fingerprint density at radius 1 is 1.27 bits per heavy atom. The van der Waals surface area contributed by atoms with Crippen LogP contribution in [0.1, 0.15) is 45.6 Å². The number of rotatable bonds is 4. The van der Waals surface area contributed by atoms with E-state index in [0.29, 0.717) is 6.04 Å². The summed E-state index contributed by atoms with van der Waals surface area (Å²) in [4.78, 5) is 0. The fourth-order valence-electron chi connectivity index (χ4n) is 1.56. The molecule has 0 radical (unpaired) electrons. The molecule has 0 amide bonds. The first-order chi connectivity index (χ1) is 7.04. The van der Waals surface area contributed by atoms with Crippen LogP contribution in [0, 0.1) is 5.82 Å². The molecule has 1 rings (SSSR count). The highest BCUT2D eigenvalue weighted by Gasteiger charge is 2.10. The van der Waals surface area contributed by atoms with Crippen LogP contribution in [0.3, 0.4) is 0 Å². The van der Waals surface area contributed by atoms with E-state index in [2.05, 4.69) is 33.0 Å². The first-order valence-electron chi connectivity index (χ1n) is 5.60. The zero-order valence-corrected chi connectivity index (χ0v) is 9.97. The molecule has 0 spiro atoms. The molecule has 0 fully saturated rings. The van der Waals surface area contributed by atoms with E-state index in [4.69, 9.17) is 0 Å². The Bertz CT molecular complexity index is 320. The van der Waals surface area contributed by atoms with Crippen LogP contribution in [-0.4, -0.2) is 6.04 Å². The van der Waals surface area contributed by atoms with Crippen molar-refractivity contribution in [2.75, 3.05) is 5.32 Å². The predicted molar refractivity (Wildman–Crippen MR) is 63.9 cm³/mol. The van der Waals surface area contributed by atoms with E-state index < -0.39 is 0 Å². The van der Waals surface area contributed by atoms with Crippen molar-refractivity contribution in [1.82, 2.24) is 0 Å². The molecule has 0 saturated heterocycles. The van der Waals surface area contributed by atoms with Crippen molar-refractivity contribution >= 4 is 5.69 Å². The maximum atomic E-state index is 13.5. The minimum atomic E-state index is -0.0985. The summed E-state index contributed by atoms with van der Waals surface area (Å²) in [6.45, 7) is 8.28. The number of nitrogens with one attached hydrogen (secondary N) is 1. The van der Waals surface area contributed by atoms with E-state index in [9.17, 15) is 4.39 Å². The summed E-state index contributed by atoms with van der Waals surface area (Å²) in [5.74, 6) is 0.178. The molecule has 2 heteroatoms. The van der Waals surface area contributed by atoms with Gasteiger partial charge in [0.1, 0.15) is 5.82 Å². The first-order valence-corrected chi connectivity index (χ1v) is 5.60. The lowest BCUT2D eigenvalue weighted by Gasteiger charge is -2.15. The highest BCUT2D eigenvalue weighted by atomic mass is 19.1. The van der Waals surface area contributed by atoms with Crippen molar-refractivity contribution in [2.45, 2.75) is 46.1 Å². The third-order valence-corrected chi connectivity index (χ3v) is 2.59. The second-order valence-corrected chi connectivity index (χ2v) is 4.34. The molecule has 0 saturated carbocycles. The lowest BCUT2D eigenvalue weighted by atomic mass is 9.97. The molecule has 0 bridgehead atoms. The molecular weight excluding hydrogens is 189 g/mol. The summed E-state index contributed by atoms with van der Waals surface area (Å²) in [7, 11) is 0. The average molecular weight is 209 g/mol. The lowest BCUT2D eigenvalue weighted by Crippen LogP contribution is -2.10. The van der Waals surface area contributed by atoms with E-state index in [-0.39, 0.29) is 11.7 Å². The third kappa shape index (κ3) is 3.22. The monoisotopic (exact) mass is 209 g/mol. The standard InChI is InChI=1S/C13H20FN/c1-5-10(4)12-8-11(15-9(2)3)6-7-13(12)14/h6-10,15H,5H2,1-4H3/t10-/m1/s1. The fraction of sp³-hybridized carbons (Fsp3) is 0.538. The normalized spacial score (nSPS) is 12.9. The largest absolute Gasteiger partial charge is 0.383 e. The van der Waals surface area contributed by atoms with Gasteiger partial charge in [-0.3, -0.25) is 0 Å². The lowest BCUT2D eigenvalue weighted by molar-refractivity contribution is 0.584. The molecule has 1 atom stereocenters. The zero-order chi connectivity index (χ0) is 11.4. The smallest absolute Gasteiger partial charge is 0.126 e. The van der Waals surface area contributed by atoms with E-state index in [1.807, 2.05) is 6.07 Å². The molecular formula is C13H20FN. The molecule has 84 valence electrons. The predicted octanol–water partition coefficient (Wildman–Crippen LogP) is 4.16. The molecule has 0 aliphatic carbocycles. The number of hydrogen-bond acceptors (Lipinski definition) is 1. The van der Waals surface area contributed by atoms with Crippen LogP contribution in [0.25, 0.3) is 0 Å². The molecule has 0 aromatic heterocycles. The minimum absolute atomic E-state index is 0.0985. The molecule has 0 unspecified atom stereocenters. The Hall–Kier alpha value is -1.05. The van der Waals surface area contributed by atoms with Gasteiger partial charge in [0.05, 0.1) is 0 Å². The van der Waals surface area contributed by atoms with Gasteiger partial charge in [0, 0.05) is 11.7 Å². The van der Waals surface area contributed by atoms with E-state index in [1.54, 1.807) is 12.1 Å². The van der Waals surface area contributed by atoms with Gasteiger partial charge in [-0.1, -0.05) is 13.8 Å². The van der Waals surface area contributed by atoms with Crippen molar-refractivity contribution < 1.29 is 4.39 Å². The van der Waals surface area contributed by atoms with Gasteiger partial charge in [0.2, 0.25) is 0 Å². The molecule has 0 heterocycles. The van der Waals surface area contributed by atoms with Gasteiger partial charge < -0.3 is 5.32 Å². The van der Waals surface area contributed by atoms with Gasteiger partial charge in [-0.2, -0.15) is 0 Å². The topological polar surface area (TPSA) is 12.0 Å².